The van der Waals surface area contributed by atoms with Crippen LogP contribution in [0.4, 0.5) is 22.9 Å². The molecule has 0 bridgehead atoms. The van der Waals surface area contributed by atoms with Gasteiger partial charge in [-0.15, -0.1) is 0 Å². The predicted octanol–water partition coefficient (Wildman–Crippen LogP) is 3.88. The zero-order valence-corrected chi connectivity index (χ0v) is 22.9. The van der Waals surface area contributed by atoms with Crippen molar-refractivity contribution in [3.63, 3.8) is 0 Å². The summed E-state index contributed by atoms with van der Waals surface area (Å²) in [7, 11) is 1.67. The lowest BCUT2D eigenvalue weighted by molar-refractivity contribution is -0.111. The summed E-state index contributed by atoms with van der Waals surface area (Å²) in [5.74, 6) is -0.0936. The van der Waals surface area contributed by atoms with Crippen LogP contribution in [0.2, 0.25) is 0 Å². The highest BCUT2D eigenvalue weighted by Gasteiger charge is 2.34. The second-order valence-electron chi connectivity index (χ2n) is 9.80. The number of carbonyl (C=O) groups excluding carboxylic acids is 1. The molecule has 2 aliphatic rings. The van der Waals surface area contributed by atoms with Crippen molar-refractivity contribution in [2.45, 2.75) is 57.9 Å². The first-order valence-corrected chi connectivity index (χ1v) is 13.2. The number of hydrogen-bond acceptors (Lipinski definition) is 7. The first-order valence-electron chi connectivity index (χ1n) is 12.4. The van der Waals surface area contributed by atoms with Crippen LogP contribution in [0.15, 0.2) is 46.4 Å². The average molecular weight is 560 g/mol. The van der Waals surface area contributed by atoms with Crippen molar-refractivity contribution in [3.05, 3.63) is 52.0 Å². The van der Waals surface area contributed by atoms with Crippen LogP contribution in [0.25, 0.3) is 0 Å². The van der Waals surface area contributed by atoms with Gasteiger partial charge in [0.15, 0.2) is 5.82 Å². The first-order chi connectivity index (χ1) is 17.1. The molecule has 2 saturated heterocycles. The summed E-state index contributed by atoms with van der Waals surface area (Å²) in [5, 5.41) is 6.04. The second kappa shape index (κ2) is 11.1. The van der Waals surface area contributed by atoms with E-state index in [-0.39, 0.29) is 35.5 Å². The number of nitrogens with one attached hydrogen (secondary N) is 2. The van der Waals surface area contributed by atoms with Gasteiger partial charge >= 0.3 is 0 Å². The smallest absolute Gasteiger partial charge is 0.293 e. The summed E-state index contributed by atoms with van der Waals surface area (Å²) in [6, 6.07) is 6.50. The van der Waals surface area contributed by atoms with E-state index in [0.29, 0.717) is 22.0 Å². The molecule has 0 saturated carbocycles. The van der Waals surface area contributed by atoms with E-state index in [1.54, 1.807) is 13.2 Å². The number of carbonyl (C=O) groups is 1. The van der Waals surface area contributed by atoms with Crippen molar-refractivity contribution in [1.29, 1.82) is 0 Å². The fraction of sp³-hybridized carbons (Fsp3) is 0.500. The summed E-state index contributed by atoms with van der Waals surface area (Å²) in [6.07, 6.45) is 5.54. The van der Waals surface area contributed by atoms with E-state index in [1.165, 1.54) is 10.6 Å². The van der Waals surface area contributed by atoms with Gasteiger partial charge in [0, 0.05) is 50.6 Å². The third-order valence-corrected chi connectivity index (χ3v) is 7.28. The molecule has 1 amide bonds. The highest BCUT2D eigenvalue weighted by Crippen LogP contribution is 2.34. The van der Waals surface area contributed by atoms with Gasteiger partial charge in [-0.1, -0.05) is 6.58 Å². The summed E-state index contributed by atoms with van der Waals surface area (Å²) < 4.78 is 7.94. The first kappa shape index (κ1) is 26.4. The molecule has 194 valence electrons. The van der Waals surface area contributed by atoms with Crippen LogP contribution in [0.3, 0.4) is 0 Å². The molecule has 36 heavy (non-hydrogen) atoms. The van der Waals surface area contributed by atoms with Crippen molar-refractivity contribution in [1.82, 2.24) is 14.5 Å². The van der Waals surface area contributed by atoms with Gasteiger partial charge in [-0.25, -0.2) is 4.98 Å². The third-order valence-electron chi connectivity index (χ3n) is 6.90. The average Bonchev–Trinajstić information content (AvgIpc) is 2.82. The maximum Gasteiger partial charge on any atom is 0.293 e. The zero-order valence-electron chi connectivity index (χ0n) is 21.3. The van der Waals surface area contributed by atoms with Gasteiger partial charge in [-0.3, -0.25) is 14.5 Å². The Balaban J connectivity index is 1.56. The van der Waals surface area contributed by atoms with Crippen molar-refractivity contribution in [3.8, 4) is 0 Å². The SMILES string of the molecule is C=CC(=O)Nc1cc(Nc2nc(Br)cn(C)c2=O)ccc1N1CCN([C@@H]2C[C@@H](C)O[C@@H](C)C2)C[C@@H]1C. The van der Waals surface area contributed by atoms with Crippen LogP contribution in [-0.2, 0) is 16.6 Å². The Morgan fingerprint density at radius 2 is 1.94 bits per heavy atom. The van der Waals surface area contributed by atoms with E-state index in [2.05, 4.69) is 68.7 Å². The van der Waals surface area contributed by atoms with Crippen LogP contribution < -0.4 is 21.1 Å². The highest BCUT2D eigenvalue weighted by molar-refractivity contribution is 9.10. The van der Waals surface area contributed by atoms with Gasteiger partial charge in [0.25, 0.3) is 5.56 Å². The van der Waals surface area contributed by atoms with E-state index < -0.39 is 0 Å². The number of halogens is 1. The number of hydrogen-bond donors (Lipinski definition) is 2. The normalized spacial score (nSPS) is 24.9. The summed E-state index contributed by atoms with van der Waals surface area (Å²) >= 11 is 3.33. The Morgan fingerprint density at radius 1 is 1.22 bits per heavy atom. The Morgan fingerprint density at radius 3 is 2.61 bits per heavy atom. The lowest BCUT2D eigenvalue weighted by Gasteiger charge is -2.47. The number of piperazine rings is 1. The number of aromatic nitrogens is 2. The molecule has 0 radical (unpaired) electrons. The van der Waals surface area contributed by atoms with Crippen LogP contribution in [0.1, 0.15) is 33.6 Å². The van der Waals surface area contributed by atoms with Crippen LogP contribution in [-0.4, -0.2) is 64.3 Å². The molecule has 1 aromatic carbocycles. The van der Waals surface area contributed by atoms with E-state index in [0.717, 1.165) is 38.2 Å². The molecular weight excluding hydrogens is 524 g/mol. The van der Waals surface area contributed by atoms with Crippen LogP contribution >= 0.6 is 15.9 Å². The van der Waals surface area contributed by atoms with E-state index >= 15 is 0 Å². The Bertz CT molecular complexity index is 1170. The summed E-state index contributed by atoms with van der Waals surface area (Å²) in [6.45, 7) is 12.9. The van der Waals surface area contributed by atoms with Crippen LogP contribution in [0.5, 0.6) is 0 Å². The number of amides is 1. The second-order valence-corrected chi connectivity index (χ2v) is 10.6. The van der Waals surface area contributed by atoms with Crippen molar-refractivity contribution in [2.24, 2.45) is 7.05 Å². The van der Waals surface area contributed by atoms with Crippen molar-refractivity contribution >= 4 is 44.7 Å². The van der Waals surface area contributed by atoms with E-state index in [4.69, 9.17) is 4.74 Å². The van der Waals surface area contributed by atoms with Gasteiger partial charge in [-0.05, 0) is 73.8 Å². The lowest BCUT2D eigenvalue weighted by Crippen LogP contribution is -2.57. The number of nitrogens with zero attached hydrogens (tertiary/aromatic N) is 4. The molecule has 0 aliphatic carbocycles. The Kier molecular flexibility index (Phi) is 8.17. The Labute approximate surface area is 220 Å². The number of benzene rings is 1. The molecule has 2 aliphatic heterocycles. The number of ether oxygens (including phenoxy) is 1. The molecule has 2 aromatic rings. The molecule has 10 heteroatoms. The third kappa shape index (κ3) is 5.99. The van der Waals surface area contributed by atoms with Crippen LogP contribution in [0, 0.1) is 0 Å². The maximum absolute atomic E-state index is 12.5. The minimum Gasteiger partial charge on any atom is -0.375 e. The molecule has 4 atom stereocenters. The minimum atomic E-state index is -0.290. The molecule has 9 nitrogen and oxygen atoms in total. The van der Waals surface area contributed by atoms with Crippen molar-refractivity contribution < 1.29 is 9.53 Å². The quantitative estimate of drug-likeness (QED) is 0.520. The minimum absolute atomic E-state index is 0.197. The number of aryl methyl sites for hydroxylation is 1. The molecular formula is C26H35BrN6O3. The molecule has 4 rings (SSSR count). The summed E-state index contributed by atoms with van der Waals surface area (Å²) in [5.41, 5.74) is 2.00. The number of anilines is 4. The summed E-state index contributed by atoms with van der Waals surface area (Å²) in [4.78, 5) is 34.0. The standard InChI is InChI=1S/C26H35BrN6O3/c1-6-24(34)29-21-13-19(28-25-26(35)31(5)15-23(27)30-25)7-8-22(21)33-10-9-32(14-16(33)2)20-11-17(3)36-18(4)12-20/h6-8,13,15-18,20H,1,9-12,14H2,2-5H3,(H,28,30)(H,29,34)/t16-,17-,18+,20-/m0/s1. The van der Waals surface area contributed by atoms with Gasteiger partial charge in [-0.2, -0.15) is 0 Å². The van der Waals surface area contributed by atoms with E-state index in [9.17, 15) is 9.59 Å². The zero-order chi connectivity index (χ0) is 26.0. The Hall–Kier alpha value is -2.69. The molecule has 2 N–H and O–H groups in total. The van der Waals surface area contributed by atoms with Crippen molar-refractivity contribution in [2.75, 3.05) is 35.2 Å². The molecule has 0 spiro atoms. The molecule has 2 fully saturated rings. The fourth-order valence-corrected chi connectivity index (χ4v) is 5.76. The van der Waals surface area contributed by atoms with E-state index in [1.807, 2.05) is 18.2 Å². The molecule has 1 aromatic heterocycles. The maximum atomic E-state index is 12.5. The van der Waals surface area contributed by atoms with Gasteiger partial charge in [0.05, 0.1) is 23.6 Å². The lowest BCUT2D eigenvalue weighted by atomic mass is 9.96. The van der Waals surface area contributed by atoms with Gasteiger partial charge in [0.2, 0.25) is 5.91 Å². The molecule has 0 unspecified atom stereocenters. The predicted molar refractivity (Wildman–Crippen MR) is 147 cm³/mol. The highest BCUT2D eigenvalue weighted by atomic mass is 79.9. The topological polar surface area (TPSA) is 91.7 Å². The molecule has 3 heterocycles. The fourth-order valence-electron chi connectivity index (χ4n) is 5.28. The largest absolute Gasteiger partial charge is 0.375 e. The number of rotatable bonds is 6. The van der Waals surface area contributed by atoms with Gasteiger partial charge < -0.3 is 24.8 Å². The monoisotopic (exact) mass is 558 g/mol. The van der Waals surface area contributed by atoms with Gasteiger partial charge in [0.1, 0.15) is 4.60 Å².